The van der Waals surface area contributed by atoms with E-state index in [-0.39, 0.29) is 5.56 Å². The molecule has 0 bridgehead atoms. The fraction of sp³-hybridized carbons (Fsp3) is 0.593. The monoisotopic (exact) mass is 409 g/mol. The van der Waals surface area contributed by atoms with Crippen LogP contribution in [-0.4, -0.2) is 0 Å². The molecule has 0 aliphatic heterocycles. The summed E-state index contributed by atoms with van der Waals surface area (Å²) in [6.07, 6.45) is 19.0. The summed E-state index contributed by atoms with van der Waals surface area (Å²) in [7, 11) is 0. The van der Waals surface area contributed by atoms with E-state index in [2.05, 4.69) is 24.8 Å². The third-order valence-corrected chi connectivity index (χ3v) is 7.24. The van der Waals surface area contributed by atoms with E-state index in [1.54, 1.807) is 0 Å². The molecule has 0 spiro atoms. The number of rotatable bonds is 5. The Morgan fingerprint density at radius 2 is 1.43 bits per heavy atom. The first-order chi connectivity index (χ1) is 14.6. The molecule has 1 aromatic rings. The number of nitrogens with zero attached hydrogens (tertiary/aromatic N) is 1. The van der Waals surface area contributed by atoms with Crippen LogP contribution in [0.3, 0.4) is 0 Å². The number of hydrogen-bond acceptors (Lipinski definition) is 1. The van der Waals surface area contributed by atoms with Gasteiger partial charge in [0.25, 0.3) is 0 Å². The highest BCUT2D eigenvalue weighted by Crippen LogP contribution is 2.37. The number of allylic oxidation sites excluding steroid dienone is 2. The van der Waals surface area contributed by atoms with Crippen molar-refractivity contribution < 1.29 is 8.78 Å². The van der Waals surface area contributed by atoms with Crippen molar-refractivity contribution >= 4 is 0 Å². The Kier molecular flexibility index (Phi) is 8.50. The van der Waals surface area contributed by atoms with Crippen LogP contribution in [0.2, 0.25) is 0 Å². The fourth-order valence-electron chi connectivity index (χ4n) is 5.13. The van der Waals surface area contributed by atoms with Gasteiger partial charge in [0, 0.05) is 5.56 Å². The third kappa shape index (κ3) is 6.43. The molecule has 0 amide bonds. The molecule has 2 aliphatic carbocycles. The van der Waals surface area contributed by atoms with Crippen LogP contribution < -0.4 is 0 Å². The van der Waals surface area contributed by atoms with Crippen molar-refractivity contribution in [3.8, 4) is 17.9 Å². The van der Waals surface area contributed by atoms with Crippen molar-refractivity contribution in [3.05, 3.63) is 47.0 Å². The van der Waals surface area contributed by atoms with Crippen molar-refractivity contribution in [2.75, 3.05) is 0 Å². The van der Waals surface area contributed by atoms with Gasteiger partial charge in [-0.2, -0.15) is 5.26 Å². The molecule has 1 nitrogen and oxygen atoms in total. The molecule has 0 unspecified atom stereocenters. The highest BCUT2D eigenvalue weighted by atomic mass is 19.1. The van der Waals surface area contributed by atoms with E-state index in [9.17, 15) is 8.78 Å². The van der Waals surface area contributed by atoms with E-state index < -0.39 is 17.2 Å². The summed E-state index contributed by atoms with van der Waals surface area (Å²) in [6, 6.07) is 3.75. The standard InChI is InChI=1S/C27H33F2N/c1-2-20-7-9-22(10-8-20)15-16-23-13-11-21(12-14-23)5-3-4-6-24-17-26(28)25(19-30)27(29)18-24/h3,5,17-18,20-23H,2,7-16H2,1H3/b5-3+/t20-,21?,22-,23?. The second-order valence-electron chi connectivity index (χ2n) is 9.21. The summed E-state index contributed by atoms with van der Waals surface area (Å²) >= 11 is 0. The summed E-state index contributed by atoms with van der Waals surface area (Å²) < 4.78 is 27.2. The average molecular weight is 410 g/mol. The Balaban J connectivity index is 1.39. The van der Waals surface area contributed by atoms with E-state index in [0.29, 0.717) is 5.92 Å². The second-order valence-corrected chi connectivity index (χ2v) is 9.21. The van der Waals surface area contributed by atoms with Gasteiger partial charge in [-0.3, -0.25) is 0 Å². The van der Waals surface area contributed by atoms with Crippen LogP contribution in [0, 0.1) is 58.5 Å². The van der Waals surface area contributed by atoms with Gasteiger partial charge in [0.2, 0.25) is 0 Å². The smallest absolute Gasteiger partial charge is 0.145 e. The van der Waals surface area contributed by atoms with Crippen molar-refractivity contribution in [1.29, 1.82) is 5.26 Å². The molecule has 0 aromatic heterocycles. The normalized spacial score (nSPS) is 26.7. The van der Waals surface area contributed by atoms with Gasteiger partial charge in [-0.05, 0) is 67.6 Å². The Bertz CT molecular complexity index is 800. The first kappa shape index (κ1) is 22.6. The minimum atomic E-state index is -0.859. The SMILES string of the molecule is CC[C@H]1CC[C@H](CCC2CCC(/C=C/C#Cc3cc(F)c(C#N)c(F)c3)CC2)CC1. The van der Waals surface area contributed by atoms with E-state index in [1.165, 1.54) is 76.7 Å². The van der Waals surface area contributed by atoms with Crippen LogP contribution >= 0.6 is 0 Å². The Morgan fingerprint density at radius 3 is 1.97 bits per heavy atom. The van der Waals surface area contributed by atoms with Crippen LogP contribution in [0.4, 0.5) is 8.78 Å². The first-order valence-corrected chi connectivity index (χ1v) is 11.7. The van der Waals surface area contributed by atoms with Gasteiger partial charge in [0.1, 0.15) is 23.3 Å². The van der Waals surface area contributed by atoms with Crippen LogP contribution in [0.1, 0.15) is 88.7 Å². The summed E-state index contributed by atoms with van der Waals surface area (Å²) in [4.78, 5) is 0. The number of benzene rings is 1. The molecule has 2 saturated carbocycles. The van der Waals surface area contributed by atoms with Crippen molar-refractivity contribution in [1.82, 2.24) is 0 Å². The number of hydrogen-bond donors (Lipinski definition) is 0. The quantitative estimate of drug-likeness (QED) is 0.461. The largest absolute Gasteiger partial charge is 0.205 e. The average Bonchev–Trinajstić information content (AvgIpc) is 2.76. The third-order valence-electron chi connectivity index (χ3n) is 7.24. The zero-order chi connectivity index (χ0) is 21.3. The Hall–Kier alpha value is -2.13. The lowest BCUT2D eigenvalue weighted by Crippen LogP contribution is -2.17. The molecule has 2 aliphatic rings. The van der Waals surface area contributed by atoms with Crippen LogP contribution in [0.15, 0.2) is 24.3 Å². The van der Waals surface area contributed by atoms with Gasteiger partial charge >= 0.3 is 0 Å². The zero-order valence-corrected chi connectivity index (χ0v) is 18.1. The van der Waals surface area contributed by atoms with Crippen LogP contribution in [0.5, 0.6) is 0 Å². The number of halogens is 2. The maximum absolute atomic E-state index is 13.6. The first-order valence-electron chi connectivity index (χ1n) is 11.7. The van der Waals surface area contributed by atoms with Gasteiger partial charge in [-0.15, -0.1) is 0 Å². The molecule has 3 rings (SSSR count). The highest BCUT2D eigenvalue weighted by Gasteiger charge is 2.23. The molecule has 2 fully saturated rings. The molecule has 0 atom stereocenters. The topological polar surface area (TPSA) is 23.8 Å². The minimum absolute atomic E-state index is 0.255. The summed E-state index contributed by atoms with van der Waals surface area (Å²) in [5.41, 5.74) is -0.299. The molecule has 1 aromatic carbocycles. The molecular weight excluding hydrogens is 376 g/mol. The van der Waals surface area contributed by atoms with Gasteiger partial charge in [0.05, 0.1) is 0 Å². The van der Waals surface area contributed by atoms with Gasteiger partial charge in [0.15, 0.2) is 0 Å². The summed E-state index contributed by atoms with van der Waals surface area (Å²) in [6.45, 7) is 2.33. The van der Waals surface area contributed by atoms with E-state index in [0.717, 1.165) is 29.9 Å². The molecular formula is C27H33F2N. The van der Waals surface area contributed by atoms with Gasteiger partial charge < -0.3 is 0 Å². The van der Waals surface area contributed by atoms with Crippen LogP contribution in [-0.2, 0) is 0 Å². The van der Waals surface area contributed by atoms with E-state index >= 15 is 0 Å². The fourth-order valence-corrected chi connectivity index (χ4v) is 5.13. The lowest BCUT2D eigenvalue weighted by Gasteiger charge is -2.31. The molecule has 0 radical (unpaired) electrons. The number of nitriles is 1. The predicted molar refractivity (Wildman–Crippen MR) is 118 cm³/mol. The Morgan fingerprint density at radius 1 is 0.900 bits per heavy atom. The second kappa shape index (κ2) is 11.3. The molecule has 0 heterocycles. The summed E-state index contributed by atoms with van der Waals surface area (Å²) in [5.74, 6) is 7.33. The minimum Gasteiger partial charge on any atom is -0.205 e. The highest BCUT2D eigenvalue weighted by molar-refractivity contribution is 5.43. The molecule has 160 valence electrons. The van der Waals surface area contributed by atoms with Crippen molar-refractivity contribution in [2.45, 2.75) is 77.6 Å². The molecule has 3 heteroatoms. The van der Waals surface area contributed by atoms with E-state index in [1.807, 2.05) is 6.08 Å². The maximum Gasteiger partial charge on any atom is 0.145 e. The van der Waals surface area contributed by atoms with Crippen molar-refractivity contribution in [3.63, 3.8) is 0 Å². The van der Waals surface area contributed by atoms with E-state index in [4.69, 9.17) is 5.26 Å². The summed E-state index contributed by atoms with van der Waals surface area (Å²) in [5, 5.41) is 8.71. The predicted octanol–water partition coefficient (Wildman–Crippen LogP) is 7.55. The van der Waals surface area contributed by atoms with Gasteiger partial charge in [-0.25, -0.2) is 8.78 Å². The maximum atomic E-state index is 13.6. The molecule has 0 N–H and O–H groups in total. The van der Waals surface area contributed by atoms with Gasteiger partial charge in [-0.1, -0.05) is 69.8 Å². The lowest BCUT2D eigenvalue weighted by molar-refractivity contribution is 0.224. The Labute approximate surface area is 180 Å². The van der Waals surface area contributed by atoms with Crippen LogP contribution in [0.25, 0.3) is 0 Å². The molecule has 30 heavy (non-hydrogen) atoms. The van der Waals surface area contributed by atoms with Crippen molar-refractivity contribution in [2.24, 2.45) is 23.7 Å². The zero-order valence-electron chi connectivity index (χ0n) is 18.1. The lowest BCUT2D eigenvalue weighted by atomic mass is 9.75. The molecule has 0 saturated heterocycles.